The number of hydrogen-bond donors (Lipinski definition) is 1. The highest BCUT2D eigenvalue weighted by atomic mass is 16.5. The molecule has 1 saturated heterocycles. The quantitative estimate of drug-likeness (QED) is 0.501. The van der Waals surface area contributed by atoms with Crippen LogP contribution in [0.25, 0.3) is 0 Å². The van der Waals surface area contributed by atoms with Crippen LogP contribution >= 0.6 is 0 Å². The van der Waals surface area contributed by atoms with Gasteiger partial charge in [0.1, 0.15) is 12.0 Å². The van der Waals surface area contributed by atoms with E-state index in [0.29, 0.717) is 19.4 Å². The molecule has 1 aromatic carbocycles. The number of ether oxygens (including phenoxy) is 3. The van der Waals surface area contributed by atoms with Crippen LogP contribution in [0, 0.1) is 0 Å². The fraction of sp³-hybridized carbons (Fsp3) is 0.500. The maximum atomic E-state index is 10.7. The molecule has 5 nitrogen and oxygen atoms in total. The van der Waals surface area contributed by atoms with Gasteiger partial charge in [-0.1, -0.05) is 35.9 Å². The van der Waals surface area contributed by atoms with Crippen molar-refractivity contribution >= 4 is 6.29 Å². The van der Waals surface area contributed by atoms with E-state index in [1.54, 1.807) is 7.11 Å². The first-order chi connectivity index (χ1) is 13.0. The van der Waals surface area contributed by atoms with Crippen LogP contribution in [0.2, 0.25) is 0 Å². The Balaban J connectivity index is 1.74. The summed E-state index contributed by atoms with van der Waals surface area (Å²) in [7, 11) is 1.63. The predicted octanol–water partition coefficient (Wildman–Crippen LogP) is 3.60. The van der Waals surface area contributed by atoms with Gasteiger partial charge in [0, 0.05) is 6.42 Å². The van der Waals surface area contributed by atoms with Gasteiger partial charge in [0.15, 0.2) is 0 Å². The van der Waals surface area contributed by atoms with Gasteiger partial charge in [0.2, 0.25) is 0 Å². The number of aliphatic hydroxyl groups is 1. The van der Waals surface area contributed by atoms with E-state index in [0.717, 1.165) is 41.6 Å². The van der Waals surface area contributed by atoms with Gasteiger partial charge in [-0.2, -0.15) is 0 Å². The Morgan fingerprint density at radius 3 is 2.78 bits per heavy atom. The van der Waals surface area contributed by atoms with E-state index in [1.165, 1.54) is 0 Å². The maximum absolute atomic E-state index is 10.7. The smallest absolute Gasteiger partial charge is 0.122 e. The molecule has 0 aromatic heterocycles. The van der Waals surface area contributed by atoms with Crippen LogP contribution in [0.15, 0.2) is 48.1 Å². The molecule has 1 aromatic rings. The number of benzene rings is 1. The van der Waals surface area contributed by atoms with Gasteiger partial charge in [0.25, 0.3) is 0 Å². The molecule has 1 aliphatic heterocycles. The molecule has 3 atom stereocenters. The molecule has 1 heterocycles. The Labute approximate surface area is 161 Å². The minimum Gasteiger partial charge on any atom is -0.497 e. The summed E-state index contributed by atoms with van der Waals surface area (Å²) in [6, 6.07) is 7.66. The summed E-state index contributed by atoms with van der Waals surface area (Å²) in [5, 5.41) is 10.2. The van der Waals surface area contributed by atoms with Gasteiger partial charge < -0.3 is 24.1 Å². The van der Waals surface area contributed by atoms with Crippen molar-refractivity contribution in [2.24, 2.45) is 0 Å². The van der Waals surface area contributed by atoms with Gasteiger partial charge in [-0.25, -0.2) is 0 Å². The predicted molar refractivity (Wildman–Crippen MR) is 105 cm³/mol. The van der Waals surface area contributed by atoms with E-state index >= 15 is 0 Å². The fourth-order valence-electron chi connectivity index (χ4n) is 3.23. The molecule has 1 aliphatic rings. The molecule has 2 rings (SSSR count). The van der Waals surface area contributed by atoms with E-state index in [-0.39, 0.29) is 18.8 Å². The first-order valence-electron chi connectivity index (χ1n) is 9.32. The van der Waals surface area contributed by atoms with Crippen molar-refractivity contribution in [3.8, 4) is 5.75 Å². The molecular formula is C22H30O5. The first kappa shape index (κ1) is 21.4. The summed E-state index contributed by atoms with van der Waals surface area (Å²) in [6.45, 7) is 6.73. The van der Waals surface area contributed by atoms with E-state index in [9.17, 15) is 9.90 Å². The van der Waals surface area contributed by atoms with Crippen molar-refractivity contribution in [2.75, 3.05) is 13.7 Å². The molecule has 0 radical (unpaired) electrons. The minimum absolute atomic E-state index is 0.0800. The number of aldehydes is 1. The molecule has 27 heavy (non-hydrogen) atoms. The van der Waals surface area contributed by atoms with Gasteiger partial charge in [-0.3, -0.25) is 0 Å². The molecule has 0 amide bonds. The third-order valence-electron chi connectivity index (χ3n) is 4.50. The number of methoxy groups -OCH3 is 1. The Kier molecular flexibility index (Phi) is 8.72. The molecule has 0 bridgehead atoms. The van der Waals surface area contributed by atoms with Crippen molar-refractivity contribution in [3.05, 3.63) is 53.6 Å². The summed E-state index contributed by atoms with van der Waals surface area (Å²) in [6.07, 6.45) is 4.59. The lowest BCUT2D eigenvalue weighted by molar-refractivity contribution is -0.111. The molecule has 148 valence electrons. The van der Waals surface area contributed by atoms with E-state index in [4.69, 9.17) is 14.2 Å². The molecule has 0 spiro atoms. The zero-order valence-corrected chi connectivity index (χ0v) is 16.2. The number of rotatable bonds is 10. The normalized spacial score (nSPS) is 21.7. The Hall–Kier alpha value is -1.95. The Morgan fingerprint density at radius 1 is 1.37 bits per heavy atom. The number of hydrogen-bond acceptors (Lipinski definition) is 5. The summed E-state index contributed by atoms with van der Waals surface area (Å²) in [4.78, 5) is 10.7. The number of carbonyl (C=O) groups excluding carboxylic acids is 1. The lowest BCUT2D eigenvalue weighted by atomic mass is 9.96. The standard InChI is InChI=1S/C22H30O5/c1-16(12-22-13-17(2)11-21(27-22)8-9-23)10-19(24)15-26-14-18-4-6-20(25-3)7-5-18/h4-7,9,12,19,21-22,24H,2,8,10-11,13-15H2,1,3H3/b16-12+/t19-,21-,22+/m0/s1. The third-order valence-corrected chi connectivity index (χ3v) is 4.50. The van der Waals surface area contributed by atoms with Gasteiger partial charge in [-0.15, -0.1) is 0 Å². The highest BCUT2D eigenvalue weighted by molar-refractivity contribution is 5.50. The van der Waals surface area contributed by atoms with Gasteiger partial charge >= 0.3 is 0 Å². The van der Waals surface area contributed by atoms with Crippen molar-refractivity contribution < 1.29 is 24.1 Å². The molecule has 0 aliphatic carbocycles. The van der Waals surface area contributed by atoms with E-state index in [2.05, 4.69) is 6.58 Å². The average molecular weight is 374 g/mol. The Bertz CT molecular complexity index is 635. The monoisotopic (exact) mass is 374 g/mol. The highest BCUT2D eigenvalue weighted by Crippen LogP contribution is 2.26. The first-order valence-corrected chi connectivity index (χ1v) is 9.32. The van der Waals surface area contributed by atoms with Crippen LogP contribution in [0.4, 0.5) is 0 Å². The Morgan fingerprint density at radius 2 is 2.11 bits per heavy atom. The van der Waals surface area contributed by atoms with Crippen LogP contribution in [-0.2, 0) is 20.9 Å². The fourth-order valence-corrected chi connectivity index (χ4v) is 3.23. The molecular weight excluding hydrogens is 344 g/mol. The molecule has 0 saturated carbocycles. The zero-order chi connectivity index (χ0) is 19.6. The SMILES string of the molecule is C=C1C[C@H](CC=O)O[C@H](/C=C(\C)C[C@H](O)COCc2ccc(OC)cc2)C1. The van der Waals surface area contributed by atoms with Crippen LogP contribution in [0.5, 0.6) is 5.75 Å². The summed E-state index contributed by atoms with van der Waals surface area (Å²) >= 11 is 0. The van der Waals surface area contributed by atoms with Gasteiger partial charge in [0.05, 0.1) is 38.6 Å². The van der Waals surface area contributed by atoms with Gasteiger partial charge in [-0.05, 0) is 43.9 Å². The lowest BCUT2D eigenvalue weighted by Gasteiger charge is -2.29. The number of aliphatic hydroxyl groups excluding tert-OH is 1. The van der Waals surface area contributed by atoms with Crippen LogP contribution < -0.4 is 4.74 Å². The summed E-state index contributed by atoms with van der Waals surface area (Å²) in [5.41, 5.74) is 3.18. The largest absolute Gasteiger partial charge is 0.497 e. The van der Waals surface area contributed by atoms with E-state index in [1.807, 2.05) is 37.3 Å². The lowest BCUT2D eigenvalue weighted by Crippen LogP contribution is -2.28. The van der Waals surface area contributed by atoms with Crippen LogP contribution in [0.1, 0.15) is 38.2 Å². The van der Waals surface area contributed by atoms with Crippen LogP contribution in [0.3, 0.4) is 0 Å². The average Bonchev–Trinajstić information content (AvgIpc) is 2.62. The van der Waals surface area contributed by atoms with Crippen molar-refractivity contribution in [3.63, 3.8) is 0 Å². The van der Waals surface area contributed by atoms with E-state index < -0.39 is 6.10 Å². The molecule has 1 fully saturated rings. The van der Waals surface area contributed by atoms with Crippen molar-refractivity contribution in [1.29, 1.82) is 0 Å². The second-order valence-corrected chi connectivity index (χ2v) is 7.09. The summed E-state index contributed by atoms with van der Waals surface area (Å²) < 4.78 is 16.7. The topological polar surface area (TPSA) is 65.0 Å². The highest BCUT2D eigenvalue weighted by Gasteiger charge is 2.23. The van der Waals surface area contributed by atoms with Crippen molar-refractivity contribution in [2.45, 2.75) is 57.5 Å². The summed E-state index contributed by atoms with van der Waals surface area (Å²) in [5.74, 6) is 0.808. The molecule has 5 heteroatoms. The second kappa shape index (κ2) is 11.0. The maximum Gasteiger partial charge on any atom is 0.122 e. The third kappa shape index (κ3) is 7.67. The minimum atomic E-state index is -0.572. The molecule has 1 N–H and O–H groups in total. The number of carbonyl (C=O) groups is 1. The second-order valence-electron chi connectivity index (χ2n) is 7.09. The van der Waals surface area contributed by atoms with Crippen LogP contribution in [-0.4, -0.2) is 43.4 Å². The van der Waals surface area contributed by atoms with Crippen molar-refractivity contribution in [1.82, 2.24) is 0 Å². The zero-order valence-electron chi connectivity index (χ0n) is 16.2. The molecule has 0 unspecified atom stereocenters.